The van der Waals surface area contributed by atoms with Crippen LogP contribution in [0, 0.1) is 14.9 Å². The summed E-state index contributed by atoms with van der Waals surface area (Å²) in [4.78, 5) is 11.1. The van der Waals surface area contributed by atoms with Gasteiger partial charge in [-0.1, -0.05) is 48.5 Å². The second-order valence-electron chi connectivity index (χ2n) is 7.79. The molecule has 0 amide bonds. The molecule has 4 aromatic rings. The quantitative estimate of drug-likeness (QED) is 0.137. The van der Waals surface area contributed by atoms with E-state index in [1.54, 1.807) is 24.3 Å². The van der Waals surface area contributed by atoms with Crippen LogP contribution in [0.5, 0.6) is 11.5 Å². The van der Waals surface area contributed by atoms with Crippen LogP contribution in [-0.4, -0.2) is 17.7 Å². The Hall–Kier alpha value is -3.83. The zero-order valence-corrected chi connectivity index (χ0v) is 21.2. The first kappa shape index (κ1) is 24.3. The summed E-state index contributed by atoms with van der Waals surface area (Å²) in [6, 6.07) is 26.8. The van der Waals surface area contributed by atoms with Crippen LogP contribution in [-0.2, 0) is 6.61 Å². The smallest absolute Gasteiger partial charge is 0.335 e. The summed E-state index contributed by atoms with van der Waals surface area (Å²) in [5, 5.41) is 21.1. The van der Waals surface area contributed by atoms with Crippen molar-refractivity contribution in [1.29, 1.82) is 5.26 Å². The molecule has 6 heteroatoms. The molecule has 4 rings (SSSR count). The molecule has 0 saturated carbocycles. The van der Waals surface area contributed by atoms with E-state index < -0.39 is 5.97 Å². The zero-order chi connectivity index (χ0) is 24.8. The van der Waals surface area contributed by atoms with E-state index >= 15 is 0 Å². The number of aromatic carboxylic acids is 1. The third-order valence-corrected chi connectivity index (χ3v) is 6.21. The minimum absolute atomic E-state index is 0.231. The Balaban J connectivity index is 1.62. The van der Waals surface area contributed by atoms with E-state index in [1.807, 2.05) is 67.6 Å². The Kier molecular flexibility index (Phi) is 7.68. The lowest BCUT2D eigenvalue weighted by Gasteiger charge is -2.15. The number of fused-ring (bicyclic) bond motifs is 1. The first-order valence-corrected chi connectivity index (χ1v) is 12.1. The summed E-state index contributed by atoms with van der Waals surface area (Å²) in [6.07, 6.45) is 1.85. The van der Waals surface area contributed by atoms with Gasteiger partial charge < -0.3 is 14.6 Å². The van der Waals surface area contributed by atoms with Crippen molar-refractivity contribution in [1.82, 2.24) is 0 Å². The van der Waals surface area contributed by atoms with Crippen molar-refractivity contribution < 1.29 is 19.4 Å². The highest BCUT2D eigenvalue weighted by Gasteiger charge is 2.13. The van der Waals surface area contributed by atoms with Crippen molar-refractivity contribution >= 4 is 51.0 Å². The third kappa shape index (κ3) is 5.81. The van der Waals surface area contributed by atoms with Gasteiger partial charge in [-0.3, -0.25) is 0 Å². The highest BCUT2D eigenvalue weighted by molar-refractivity contribution is 14.1. The van der Waals surface area contributed by atoms with Gasteiger partial charge in [-0.25, -0.2) is 4.79 Å². The summed E-state index contributed by atoms with van der Waals surface area (Å²) < 4.78 is 12.8. The predicted octanol–water partition coefficient (Wildman–Crippen LogP) is 7.18. The number of halogens is 1. The number of carboxylic acids is 1. The Morgan fingerprint density at radius 1 is 0.971 bits per heavy atom. The summed E-state index contributed by atoms with van der Waals surface area (Å²) >= 11 is 2.20. The second kappa shape index (κ2) is 11.1. The summed E-state index contributed by atoms with van der Waals surface area (Å²) in [5.41, 5.74) is 3.32. The fourth-order valence-corrected chi connectivity index (χ4v) is 4.46. The highest BCUT2D eigenvalue weighted by Crippen LogP contribution is 2.36. The van der Waals surface area contributed by atoms with E-state index in [-0.39, 0.29) is 12.2 Å². The maximum Gasteiger partial charge on any atom is 0.335 e. The number of carboxylic acid groups (broad SMARTS) is 1. The molecule has 5 nitrogen and oxygen atoms in total. The lowest BCUT2D eigenvalue weighted by molar-refractivity contribution is 0.0697. The number of allylic oxidation sites excluding steroid dienone is 1. The lowest BCUT2D eigenvalue weighted by Crippen LogP contribution is -2.03. The first-order chi connectivity index (χ1) is 17.0. The van der Waals surface area contributed by atoms with Crippen molar-refractivity contribution in [2.75, 3.05) is 6.61 Å². The molecule has 4 aromatic carbocycles. The summed E-state index contributed by atoms with van der Waals surface area (Å²) in [5.74, 6) is 0.231. The molecular formula is C29H22INO4. The van der Waals surface area contributed by atoms with Gasteiger partial charge in [0.15, 0.2) is 11.5 Å². The van der Waals surface area contributed by atoms with Gasteiger partial charge in [-0.2, -0.15) is 5.26 Å². The van der Waals surface area contributed by atoms with Crippen LogP contribution in [0.1, 0.15) is 34.0 Å². The van der Waals surface area contributed by atoms with E-state index in [9.17, 15) is 10.1 Å². The number of rotatable bonds is 8. The van der Waals surface area contributed by atoms with Gasteiger partial charge in [0.05, 0.1) is 27.4 Å². The van der Waals surface area contributed by atoms with E-state index in [2.05, 4.69) is 28.7 Å². The molecule has 0 saturated heterocycles. The number of benzene rings is 4. The molecule has 174 valence electrons. The number of ether oxygens (including phenoxy) is 2. The SMILES string of the molecule is CCOc1cc(/C=C(/C#N)c2ccc3ccccc3c2)cc(I)c1OCc1ccc(C(=O)O)cc1. The number of hydrogen-bond acceptors (Lipinski definition) is 4. The molecule has 35 heavy (non-hydrogen) atoms. The lowest BCUT2D eigenvalue weighted by atomic mass is 10.00. The Morgan fingerprint density at radius 2 is 1.69 bits per heavy atom. The molecule has 0 atom stereocenters. The van der Waals surface area contributed by atoms with Crippen molar-refractivity contribution in [3.8, 4) is 17.6 Å². The van der Waals surface area contributed by atoms with E-state index in [0.717, 1.165) is 31.0 Å². The maximum absolute atomic E-state index is 11.1. The molecule has 0 aromatic heterocycles. The van der Waals surface area contributed by atoms with Gasteiger partial charge in [0.25, 0.3) is 0 Å². The van der Waals surface area contributed by atoms with Crippen molar-refractivity contribution in [3.05, 3.63) is 105 Å². The largest absolute Gasteiger partial charge is 0.490 e. The standard InChI is InChI=1S/C29H22INO4/c1-2-34-27-15-20(13-25(17-31)24-12-11-21-5-3-4-6-23(21)16-24)14-26(30)28(27)35-18-19-7-9-22(10-8-19)29(32)33/h3-16H,2,18H2,1H3,(H,32,33)/b25-13-. The Morgan fingerprint density at radius 3 is 2.37 bits per heavy atom. The molecule has 0 bridgehead atoms. The van der Waals surface area contributed by atoms with Crippen LogP contribution in [0.4, 0.5) is 0 Å². The van der Waals surface area contributed by atoms with Crippen molar-refractivity contribution in [2.24, 2.45) is 0 Å². The molecular weight excluding hydrogens is 553 g/mol. The predicted molar refractivity (Wildman–Crippen MR) is 145 cm³/mol. The molecule has 0 aliphatic carbocycles. The van der Waals surface area contributed by atoms with Gasteiger partial charge in [-0.15, -0.1) is 0 Å². The molecule has 0 radical (unpaired) electrons. The fourth-order valence-electron chi connectivity index (χ4n) is 3.68. The topological polar surface area (TPSA) is 79.5 Å². The fraction of sp³-hybridized carbons (Fsp3) is 0.103. The number of nitrogens with zero attached hydrogens (tertiary/aromatic N) is 1. The van der Waals surface area contributed by atoms with Gasteiger partial charge in [0.2, 0.25) is 0 Å². The van der Waals surface area contributed by atoms with Crippen LogP contribution in [0.25, 0.3) is 22.4 Å². The normalized spacial score (nSPS) is 11.2. The van der Waals surface area contributed by atoms with Crippen LogP contribution in [0.3, 0.4) is 0 Å². The van der Waals surface area contributed by atoms with E-state index in [4.69, 9.17) is 14.6 Å². The van der Waals surface area contributed by atoms with Crippen LogP contribution in [0.2, 0.25) is 0 Å². The van der Waals surface area contributed by atoms with Crippen LogP contribution >= 0.6 is 22.6 Å². The van der Waals surface area contributed by atoms with E-state index in [0.29, 0.717) is 23.7 Å². The zero-order valence-electron chi connectivity index (χ0n) is 19.0. The number of hydrogen-bond donors (Lipinski definition) is 1. The summed E-state index contributed by atoms with van der Waals surface area (Å²) in [6.45, 7) is 2.63. The van der Waals surface area contributed by atoms with Gasteiger partial charge in [-0.05, 0) is 93.4 Å². The molecule has 0 fully saturated rings. The highest BCUT2D eigenvalue weighted by atomic mass is 127. The van der Waals surface area contributed by atoms with Crippen LogP contribution < -0.4 is 9.47 Å². The minimum Gasteiger partial charge on any atom is -0.490 e. The molecule has 0 heterocycles. The van der Waals surface area contributed by atoms with Gasteiger partial charge >= 0.3 is 5.97 Å². The molecule has 0 aliphatic heterocycles. The average Bonchev–Trinajstić information content (AvgIpc) is 2.87. The maximum atomic E-state index is 11.1. The Bertz CT molecular complexity index is 1450. The second-order valence-corrected chi connectivity index (χ2v) is 8.95. The average molecular weight is 575 g/mol. The molecule has 0 unspecified atom stereocenters. The van der Waals surface area contributed by atoms with Crippen molar-refractivity contribution in [3.63, 3.8) is 0 Å². The monoisotopic (exact) mass is 575 g/mol. The number of nitriles is 1. The Labute approximate surface area is 217 Å². The first-order valence-electron chi connectivity index (χ1n) is 11.0. The molecule has 0 spiro atoms. The summed E-state index contributed by atoms with van der Waals surface area (Å²) in [7, 11) is 0. The molecule has 1 N–H and O–H groups in total. The molecule has 0 aliphatic rings. The van der Waals surface area contributed by atoms with Crippen LogP contribution in [0.15, 0.2) is 78.9 Å². The van der Waals surface area contributed by atoms with Gasteiger partial charge in [0, 0.05) is 0 Å². The minimum atomic E-state index is -0.963. The van der Waals surface area contributed by atoms with Gasteiger partial charge in [0.1, 0.15) is 6.61 Å². The number of carbonyl (C=O) groups is 1. The third-order valence-electron chi connectivity index (χ3n) is 5.41. The van der Waals surface area contributed by atoms with E-state index in [1.165, 1.54) is 0 Å². The van der Waals surface area contributed by atoms with Crippen molar-refractivity contribution in [2.45, 2.75) is 13.5 Å².